The molecule has 1 nitrogen and oxygen atoms in total. The zero-order valence-electron chi connectivity index (χ0n) is 35.9. The van der Waals surface area contributed by atoms with Crippen LogP contribution in [0.15, 0.2) is 273 Å². The number of hydrogen-bond acceptors (Lipinski definition) is 1. The molecule has 11 rings (SSSR count). The van der Waals surface area contributed by atoms with Gasteiger partial charge in [0.15, 0.2) is 0 Å². The molecule has 11 aromatic carbocycles. The Morgan fingerprint density at radius 2 is 0.631 bits per heavy atom. The highest BCUT2D eigenvalue weighted by Crippen LogP contribution is 2.49. The molecule has 65 heavy (non-hydrogen) atoms. The van der Waals surface area contributed by atoms with Crippen LogP contribution in [-0.4, -0.2) is 0 Å². The van der Waals surface area contributed by atoms with E-state index in [0.717, 1.165) is 33.8 Å². The molecule has 0 spiro atoms. The van der Waals surface area contributed by atoms with E-state index >= 15 is 0 Å². The maximum Gasteiger partial charge on any atom is 0.0540 e. The third kappa shape index (κ3) is 7.93. The van der Waals surface area contributed by atoms with Gasteiger partial charge in [-0.1, -0.05) is 237 Å². The van der Waals surface area contributed by atoms with E-state index in [1.807, 2.05) is 0 Å². The molecule has 0 saturated carbocycles. The summed E-state index contributed by atoms with van der Waals surface area (Å²) in [4.78, 5) is 2.43. The van der Waals surface area contributed by atoms with Gasteiger partial charge in [-0.3, -0.25) is 0 Å². The van der Waals surface area contributed by atoms with E-state index in [1.54, 1.807) is 0 Å². The second-order valence-electron chi connectivity index (χ2n) is 16.5. The Morgan fingerprint density at radius 3 is 1.31 bits per heavy atom. The summed E-state index contributed by atoms with van der Waals surface area (Å²) in [5.41, 5.74) is 19.8. The molecule has 11 aromatic rings. The van der Waals surface area contributed by atoms with Gasteiger partial charge in [-0.25, -0.2) is 0 Å². The largest absolute Gasteiger partial charge is 0.310 e. The maximum absolute atomic E-state index is 2.43. The van der Waals surface area contributed by atoms with Gasteiger partial charge in [0.2, 0.25) is 0 Å². The fourth-order valence-corrected chi connectivity index (χ4v) is 9.30. The molecule has 0 heterocycles. The zero-order valence-corrected chi connectivity index (χ0v) is 35.9. The summed E-state index contributed by atoms with van der Waals surface area (Å²) >= 11 is 0. The van der Waals surface area contributed by atoms with E-state index in [-0.39, 0.29) is 0 Å². The van der Waals surface area contributed by atoms with Crippen LogP contribution in [-0.2, 0) is 0 Å². The number of para-hydroxylation sites is 1. The summed E-state index contributed by atoms with van der Waals surface area (Å²) < 4.78 is 0. The first-order valence-corrected chi connectivity index (χ1v) is 22.3. The number of benzene rings is 11. The quantitative estimate of drug-likeness (QED) is 0.133. The van der Waals surface area contributed by atoms with Gasteiger partial charge in [-0.05, 0) is 119 Å². The van der Waals surface area contributed by atoms with Crippen molar-refractivity contribution >= 4 is 27.8 Å². The number of fused-ring (bicyclic) bond motifs is 1. The fourth-order valence-electron chi connectivity index (χ4n) is 9.30. The highest BCUT2D eigenvalue weighted by atomic mass is 15.1. The lowest BCUT2D eigenvalue weighted by Gasteiger charge is -2.29. The Labute approximate surface area is 381 Å². The van der Waals surface area contributed by atoms with Gasteiger partial charge < -0.3 is 4.90 Å². The predicted molar refractivity (Wildman–Crippen MR) is 277 cm³/mol. The van der Waals surface area contributed by atoms with Crippen LogP contribution < -0.4 is 4.90 Å². The van der Waals surface area contributed by atoms with E-state index < -0.39 is 0 Å². The van der Waals surface area contributed by atoms with Gasteiger partial charge in [-0.15, -0.1) is 0 Å². The topological polar surface area (TPSA) is 3.24 Å². The van der Waals surface area contributed by atoms with Gasteiger partial charge in [0, 0.05) is 16.9 Å². The number of anilines is 3. The molecule has 0 amide bonds. The monoisotopic (exact) mass is 827 g/mol. The molecule has 0 aliphatic carbocycles. The summed E-state index contributed by atoms with van der Waals surface area (Å²) in [5.74, 6) is 0. The van der Waals surface area contributed by atoms with Crippen molar-refractivity contribution in [2.24, 2.45) is 0 Å². The summed E-state index contributed by atoms with van der Waals surface area (Å²) in [5, 5.41) is 2.46. The standard InChI is InChI=1S/C64H45N/c1-4-18-46(19-5-1)48-34-36-49(37-35-48)50-40-42-56(43-41-50)65(57-27-16-26-54(45-57)55-39-38-47-20-10-11-25-53(47)44-55)63-33-15-14-29-60(63)62-32-17-31-59(52-23-8-3-9-24-52)64(62)61-30-13-12-28-58(61)51-21-6-2-7-22-51/h1-45H. The van der Waals surface area contributed by atoms with Crippen molar-refractivity contribution in [3.63, 3.8) is 0 Å². The molecular formula is C64H45N. The number of rotatable bonds is 10. The van der Waals surface area contributed by atoms with Crippen LogP contribution in [0, 0.1) is 0 Å². The van der Waals surface area contributed by atoms with Crippen LogP contribution in [0.5, 0.6) is 0 Å². The Morgan fingerprint density at radius 1 is 0.200 bits per heavy atom. The molecule has 0 bridgehead atoms. The minimum absolute atomic E-state index is 1.07. The fraction of sp³-hybridized carbons (Fsp3) is 0. The summed E-state index contributed by atoms with van der Waals surface area (Å²) in [6.45, 7) is 0. The van der Waals surface area contributed by atoms with Crippen LogP contribution in [0.2, 0.25) is 0 Å². The molecule has 0 saturated heterocycles. The van der Waals surface area contributed by atoms with Crippen molar-refractivity contribution in [2.75, 3.05) is 4.90 Å². The summed E-state index contributed by atoms with van der Waals surface area (Å²) in [6, 6.07) is 99.0. The maximum atomic E-state index is 2.43. The van der Waals surface area contributed by atoms with E-state index in [1.165, 1.54) is 72.0 Å². The number of nitrogens with zero attached hydrogens (tertiary/aromatic N) is 1. The normalized spacial score (nSPS) is 11.1. The van der Waals surface area contributed by atoms with Gasteiger partial charge in [0.05, 0.1) is 5.69 Å². The van der Waals surface area contributed by atoms with E-state index in [4.69, 9.17) is 0 Å². The highest BCUT2D eigenvalue weighted by Gasteiger charge is 2.23. The van der Waals surface area contributed by atoms with E-state index in [2.05, 4.69) is 278 Å². The molecule has 0 aliphatic heterocycles. The van der Waals surface area contributed by atoms with Crippen LogP contribution in [0.4, 0.5) is 17.1 Å². The Hall–Kier alpha value is -8.52. The second kappa shape index (κ2) is 17.7. The molecular weight excluding hydrogens is 783 g/mol. The molecule has 0 fully saturated rings. The van der Waals surface area contributed by atoms with Gasteiger partial charge >= 0.3 is 0 Å². The van der Waals surface area contributed by atoms with Gasteiger partial charge in [0.1, 0.15) is 0 Å². The Bertz CT molecular complexity index is 3390. The lowest BCUT2D eigenvalue weighted by molar-refractivity contribution is 1.28. The SMILES string of the molecule is c1ccc(-c2ccc(-c3ccc(N(c4cccc(-c5ccc6ccccc6c5)c4)c4ccccc4-c4cccc(-c5ccccc5)c4-c4ccccc4-c4ccccc4)cc3)cc2)cc1. The molecule has 0 aliphatic rings. The zero-order chi connectivity index (χ0) is 43.4. The molecule has 0 aromatic heterocycles. The molecule has 0 unspecified atom stereocenters. The minimum Gasteiger partial charge on any atom is -0.310 e. The molecule has 1 heteroatoms. The van der Waals surface area contributed by atoms with Gasteiger partial charge in [0.25, 0.3) is 0 Å². The highest BCUT2D eigenvalue weighted by molar-refractivity contribution is 6.03. The smallest absolute Gasteiger partial charge is 0.0540 e. The third-order valence-electron chi connectivity index (χ3n) is 12.5. The molecule has 306 valence electrons. The first kappa shape index (κ1) is 39.3. The van der Waals surface area contributed by atoms with Crippen LogP contribution in [0.1, 0.15) is 0 Å². The van der Waals surface area contributed by atoms with Crippen LogP contribution in [0.25, 0.3) is 88.7 Å². The van der Waals surface area contributed by atoms with Crippen molar-refractivity contribution in [1.82, 2.24) is 0 Å². The first-order chi connectivity index (χ1) is 32.2. The van der Waals surface area contributed by atoms with Gasteiger partial charge in [-0.2, -0.15) is 0 Å². The lowest BCUT2D eigenvalue weighted by atomic mass is 9.84. The third-order valence-corrected chi connectivity index (χ3v) is 12.5. The summed E-state index contributed by atoms with van der Waals surface area (Å²) in [7, 11) is 0. The molecule has 0 N–H and O–H groups in total. The predicted octanol–water partition coefficient (Wildman–Crippen LogP) is 18.0. The Kier molecular flexibility index (Phi) is 10.7. The van der Waals surface area contributed by atoms with Crippen molar-refractivity contribution < 1.29 is 0 Å². The molecule has 0 radical (unpaired) electrons. The van der Waals surface area contributed by atoms with Crippen molar-refractivity contribution in [3.05, 3.63) is 273 Å². The lowest BCUT2D eigenvalue weighted by Crippen LogP contribution is -2.11. The van der Waals surface area contributed by atoms with Crippen molar-refractivity contribution in [3.8, 4) is 77.9 Å². The average Bonchev–Trinajstić information content (AvgIpc) is 3.40. The Balaban J connectivity index is 1.09. The van der Waals surface area contributed by atoms with Crippen molar-refractivity contribution in [2.45, 2.75) is 0 Å². The first-order valence-electron chi connectivity index (χ1n) is 22.3. The van der Waals surface area contributed by atoms with Crippen LogP contribution >= 0.6 is 0 Å². The molecule has 0 atom stereocenters. The van der Waals surface area contributed by atoms with E-state index in [0.29, 0.717) is 0 Å². The van der Waals surface area contributed by atoms with Crippen LogP contribution in [0.3, 0.4) is 0 Å². The minimum atomic E-state index is 1.07. The average molecular weight is 828 g/mol. The van der Waals surface area contributed by atoms with Crippen molar-refractivity contribution in [1.29, 1.82) is 0 Å². The van der Waals surface area contributed by atoms with E-state index in [9.17, 15) is 0 Å². The number of hydrogen-bond donors (Lipinski definition) is 0. The second-order valence-corrected chi connectivity index (χ2v) is 16.5. The summed E-state index contributed by atoms with van der Waals surface area (Å²) in [6.07, 6.45) is 0.